The summed E-state index contributed by atoms with van der Waals surface area (Å²) in [5, 5.41) is 2.41. The van der Waals surface area contributed by atoms with Crippen LogP contribution in [0.2, 0.25) is 0 Å². The van der Waals surface area contributed by atoms with Crippen molar-refractivity contribution >= 4 is 11.6 Å². The van der Waals surface area contributed by atoms with E-state index in [9.17, 15) is 14.4 Å². The number of benzene rings is 1. The first-order valence-electron chi connectivity index (χ1n) is 5.96. The minimum absolute atomic E-state index is 0.0311. The second kappa shape index (κ2) is 5.87. The topological polar surface area (TPSA) is 104 Å². The van der Waals surface area contributed by atoms with E-state index in [2.05, 4.69) is 10.3 Å². The van der Waals surface area contributed by atoms with Crippen LogP contribution < -0.4 is 21.3 Å². The van der Waals surface area contributed by atoms with Gasteiger partial charge in [-0.05, 0) is 25.1 Å². The molecule has 0 saturated carbocycles. The van der Waals surface area contributed by atoms with Crippen molar-refractivity contribution in [2.45, 2.75) is 6.92 Å². The van der Waals surface area contributed by atoms with Gasteiger partial charge in [0.25, 0.3) is 11.5 Å². The van der Waals surface area contributed by atoms with Gasteiger partial charge in [0, 0.05) is 11.8 Å². The van der Waals surface area contributed by atoms with Crippen molar-refractivity contribution in [3.05, 3.63) is 56.9 Å². The second-order valence-corrected chi connectivity index (χ2v) is 3.90. The Morgan fingerprint density at radius 3 is 2.85 bits per heavy atom. The van der Waals surface area contributed by atoms with Crippen LogP contribution in [0.15, 0.2) is 40.1 Å². The van der Waals surface area contributed by atoms with E-state index in [4.69, 9.17) is 4.74 Å². The molecule has 1 aromatic carbocycles. The molecule has 0 fully saturated rings. The number of carbonyl (C=O) groups is 1. The summed E-state index contributed by atoms with van der Waals surface area (Å²) in [4.78, 5) is 38.6. The number of nitrogens with one attached hydrogen (secondary N) is 3. The van der Waals surface area contributed by atoms with Crippen LogP contribution in [-0.2, 0) is 0 Å². The molecule has 3 N–H and O–H groups in total. The second-order valence-electron chi connectivity index (χ2n) is 3.90. The van der Waals surface area contributed by atoms with Crippen molar-refractivity contribution in [2.75, 3.05) is 11.9 Å². The van der Waals surface area contributed by atoms with Gasteiger partial charge in [0.2, 0.25) is 0 Å². The summed E-state index contributed by atoms with van der Waals surface area (Å²) >= 11 is 0. The number of carbonyl (C=O) groups excluding carboxylic acids is 1. The smallest absolute Gasteiger partial charge is 0.325 e. The zero-order chi connectivity index (χ0) is 14.5. The maximum atomic E-state index is 12.0. The monoisotopic (exact) mass is 275 g/mol. The first-order valence-corrected chi connectivity index (χ1v) is 5.96. The third kappa shape index (κ3) is 3.14. The number of amides is 1. The number of hydrogen-bond donors (Lipinski definition) is 3. The average Bonchev–Trinajstić information content (AvgIpc) is 2.42. The van der Waals surface area contributed by atoms with Crippen LogP contribution in [0.5, 0.6) is 5.75 Å². The molecular weight excluding hydrogens is 262 g/mol. The number of rotatable bonds is 4. The van der Waals surface area contributed by atoms with Crippen LogP contribution in [0.3, 0.4) is 0 Å². The summed E-state index contributed by atoms with van der Waals surface area (Å²) in [5.41, 5.74) is -0.979. The van der Waals surface area contributed by atoms with Crippen LogP contribution >= 0.6 is 0 Å². The van der Waals surface area contributed by atoms with Crippen LogP contribution in [0.25, 0.3) is 0 Å². The lowest BCUT2D eigenvalue weighted by Crippen LogP contribution is -2.26. The highest BCUT2D eigenvalue weighted by Crippen LogP contribution is 2.14. The molecule has 0 spiro atoms. The molecule has 0 atom stereocenters. The highest BCUT2D eigenvalue weighted by Gasteiger charge is 2.09. The van der Waals surface area contributed by atoms with Gasteiger partial charge in [-0.25, -0.2) is 4.79 Å². The number of ether oxygens (including phenoxy) is 1. The fraction of sp³-hybridized carbons (Fsp3) is 0.154. The van der Waals surface area contributed by atoms with E-state index in [1.54, 1.807) is 24.3 Å². The molecule has 2 rings (SSSR count). The predicted molar refractivity (Wildman–Crippen MR) is 73.2 cm³/mol. The number of H-pyrrole nitrogens is 2. The first-order chi connectivity index (χ1) is 9.60. The standard InChI is InChI=1S/C13H13N3O4/c1-2-20-9-5-3-4-8(6-9)11(17)15-10-7-14-13(19)16-12(10)18/h3-7H,2H2,1H3,(H,15,17)(H2,14,16,18,19). The molecule has 0 saturated heterocycles. The fourth-order valence-electron chi connectivity index (χ4n) is 1.59. The Morgan fingerprint density at radius 1 is 1.35 bits per heavy atom. The summed E-state index contributed by atoms with van der Waals surface area (Å²) < 4.78 is 5.29. The summed E-state index contributed by atoms with van der Waals surface area (Å²) in [5.74, 6) is 0.0969. The highest BCUT2D eigenvalue weighted by molar-refractivity contribution is 6.04. The molecule has 0 radical (unpaired) electrons. The SMILES string of the molecule is CCOc1cccc(C(=O)Nc2c[nH]c(=O)[nH]c2=O)c1. The van der Waals surface area contributed by atoms with E-state index < -0.39 is 17.2 Å². The fourth-order valence-corrected chi connectivity index (χ4v) is 1.59. The van der Waals surface area contributed by atoms with E-state index in [0.29, 0.717) is 17.9 Å². The van der Waals surface area contributed by atoms with Crippen molar-refractivity contribution in [2.24, 2.45) is 0 Å². The third-order valence-corrected chi connectivity index (χ3v) is 2.47. The van der Waals surface area contributed by atoms with Crippen molar-refractivity contribution < 1.29 is 9.53 Å². The molecule has 7 nitrogen and oxygen atoms in total. The lowest BCUT2D eigenvalue weighted by Gasteiger charge is -2.06. The molecule has 0 aliphatic rings. The maximum absolute atomic E-state index is 12.0. The number of anilines is 1. The van der Waals surface area contributed by atoms with E-state index in [1.165, 1.54) is 0 Å². The van der Waals surface area contributed by atoms with Crippen molar-refractivity contribution in [1.29, 1.82) is 0 Å². The lowest BCUT2D eigenvalue weighted by molar-refractivity contribution is 0.102. The Bertz CT molecular complexity index is 733. The van der Waals surface area contributed by atoms with Gasteiger partial charge in [0.15, 0.2) is 0 Å². The highest BCUT2D eigenvalue weighted by atomic mass is 16.5. The molecule has 0 aliphatic carbocycles. The Hall–Kier alpha value is -2.83. The zero-order valence-electron chi connectivity index (χ0n) is 10.7. The van der Waals surface area contributed by atoms with Gasteiger partial charge in [-0.3, -0.25) is 14.6 Å². The molecule has 1 aromatic heterocycles. The third-order valence-electron chi connectivity index (χ3n) is 2.47. The molecule has 7 heteroatoms. The minimum Gasteiger partial charge on any atom is -0.494 e. The van der Waals surface area contributed by atoms with E-state index >= 15 is 0 Å². The Balaban J connectivity index is 2.21. The first kappa shape index (κ1) is 13.6. The quantitative estimate of drug-likeness (QED) is 0.764. The maximum Gasteiger partial charge on any atom is 0.325 e. The zero-order valence-corrected chi connectivity index (χ0v) is 10.7. The van der Waals surface area contributed by atoms with Crippen molar-refractivity contribution in [3.8, 4) is 5.75 Å². The Morgan fingerprint density at radius 2 is 2.15 bits per heavy atom. The Kier molecular flexibility index (Phi) is 3.99. The molecular formula is C13H13N3O4. The van der Waals surface area contributed by atoms with Gasteiger partial charge in [-0.15, -0.1) is 0 Å². The van der Waals surface area contributed by atoms with Gasteiger partial charge < -0.3 is 15.0 Å². The summed E-state index contributed by atoms with van der Waals surface area (Å²) in [6, 6.07) is 6.57. The summed E-state index contributed by atoms with van der Waals surface area (Å²) in [6.07, 6.45) is 1.14. The van der Waals surface area contributed by atoms with Gasteiger partial charge in [0.05, 0.1) is 6.61 Å². The molecule has 104 valence electrons. The lowest BCUT2D eigenvalue weighted by atomic mass is 10.2. The predicted octanol–water partition coefficient (Wildman–Crippen LogP) is 0.714. The number of aromatic nitrogens is 2. The van der Waals surface area contributed by atoms with Crippen molar-refractivity contribution in [3.63, 3.8) is 0 Å². The van der Waals surface area contributed by atoms with Crippen LogP contribution in [0.4, 0.5) is 5.69 Å². The van der Waals surface area contributed by atoms with E-state index in [0.717, 1.165) is 6.20 Å². The van der Waals surface area contributed by atoms with Gasteiger partial charge in [-0.1, -0.05) is 6.07 Å². The van der Waals surface area contributed by atoms with E-state index in [-0.39, 0.29) is 5.69 Å². The van der Waals surface area contributed by atoms with Gasteiger partial charge >= 0.3 is 5.69 Å². The van der Waals surface area contributed by atoms with Crippen LogP contribution in [0.1, 0.15) is 17.3 Å². The van der Waals surface area contributed by atoms with Crippen LogP contribution in [-0.4, -0.2) is 22.5 Å². The van der Waals surface area contributed by atoms with Crippen molar-refractivity contribution in [1.82, 2.24) is 9.97 Å². The number of aromatic amines is 2. The molecule has 0 unspecified atom stereocenters. The van der Waals surface area contributed by atoms with Gasteiger partial charge in [-0.2, -0.15) is 0 Å². The van der Waals surface area contributed by atoms with Crippen LogP contribution in [0, 0.1) is 0 Å². The number of hydrogen-bond acceptors (Lipinski definition) is 4. The molecule has 1 amide bonds. The molecule has 0 bridgehead atoms. The van der Waals surface area contributed by atoms with Gasteiger partial charge in [0.1, 0.15) is 11.4 Å². The summed E-state index contributed by atoms with van der Waals surface area (Å²) in [7, 11) is 0. The molecule has 1 heterocycles. The largest absolute Gasteiger partial charge is 0.494 e. The molecule has 2 aromatic rings. The normalized spacial score (nSPS) is 10.1. The molecule has 0 aliphatic heterocycles. The average molecular weight is 275 g/mol. The summed E-state index contributed by atoms with van der Waals surface area (Å²) in [6.45, 7) is 2.33. The minimum atomic E-state index is -0.664. The Labute approximate surface area is 113 Å². The van der Waals surface area contributed by atoms with E-state index in [1.807, 2.05) is 11.9 Å². The molecule has 20 heavy (non-hydrogen) atoms.